The Bertz CT molecular complexity index is 173. The van der Waals surface area contributed by atoms with E-state index in [2.05, 4.69) is 25.4 Å². The van der Waals surface area contributed by atoms with Crippen molar-refractivity contribution >= 4 is 39.5 Å². The van der Waals surface area contributed by atoms with Crippen molar-refractivity contribution < 1.29 is 19.1 Å². The van der Waals surface area contributed by atoms with Crippen LogP contribution < -0.4 is 0 Å². The summed E-state index contributed by atoms with van der Waals surface area (Å²) in [6.07, 6.45) is 0. The van der Waals surface area contributed by atoms with E-state index in [1.54, 1.807) is 13.8 Å². The number of hydrogen-bond acceptors (Lipinski definition) is 4. The molecule has 0 amide bonds. The third kappa shape index (κ3) is 11.7. The average Bonchev–Trinajstić information content (AvgIpc) is 2.17. The first-order valence-corrected chi connectivity index (χ1v) is 5.38. The Kier molecular flexibility index (Phi) is 12.4. The molecule has 0 N–H and O–H groups in total. The predicted octanol–water partition coefficient (Wildman–Crippen LogP) is 1.73. The molecule has 0 saturated carbocycles. The third-order valence-corrected chi connectivity index (χ3v) is 1.53. The van der Waals surface area contributed by atoms with E-state index in [9.17, 15) is 9.59 Å². The number of halogens is 2. The monoisotopic (exact) mass is 288 g/mol. The zero-order valence-electron chi connectivity index (χ0n) is 8.38. The number of ether oxygens (including phenoxy) is 2. The van der Waals surface area contributed by atoms with Crippen LogP contribution >= 0.6 is 27.5 Å². The first kappa shape index (κ1) is 16.2. The zero-order chi connectivity index (χ0) is 11.6. The summed E-state index contributed by atoms with van der Waals surface area (Å²) in [4.78, 5) is 20.1. The first-order chi connectivity index (χ1) is 6.49. The van der Waals surface area contributed by atoms with Crippen molar-refractivity contribution in [3.05, 3.63) is 0 Å². The Morgan fingerprint density at radius 3 is 2.07 bits per heavy atom. The van der Waals surface area contributed by atoms with Gasteiger partial charge in [0.2, 0.25) is 0 Å². The molecule has 1 atom stereocenters. The molecule has 0 aromatic rings. The van der Waals surface area contributed by atoms with E-state index in [1.807, 2.05) is 0 Å². The van der Waals surface area contributed by atoms with Crippen LogP contribution in [0.15, 0.2) is 0 Å². The van der Waals surface area contributed by atoms with Crippen LogP contribution in [0, 0.1) is 0 Å². The quantitative estimate of drug-likeness (QED) is 0.586. The highest BCUT2D eigenvalue weighted by Gasteiger charge is 2.05. The lowest BCUT2D eigenvalue weighted by Gasteiger charge is -1.96. The maximum atomic E-state index is 10.2. The maximum Gasteiger partial charge on any atom is 0.320 e. The second-order valence-electron chi connectivity index (χ2n) is 2.08. The fraction of sp³-hybridized carbons (Fsp3) is 0.750. The molecule has 0 aromatic heterocycles. The smallest absolute Gasteiger partial charge is 0.320 e. The minimum Gasteiger partial charge on any atom is -0.468 e. The van der Waals surface area contributed by atoms with Crippen LogP contribution in [0.25, 0.3) is 0 Å². The number of rotatable bonds is 3. The van der Waals surface area contributed by atoms with Gasteiger partial charge in [-0.25, -0.2) is 0 Å². The molecule has 0 spiro atoms. The standard InChI is InChI=1S/C4H7BrO2.C4H7ClO2/c1-3(5)4(6)7-2;1-2-7-4(6)3-5/h3H,1-2H3;2-3H2,1H3. The summed E-state index contributed by atoms with van der Waals surface area (Å²) < 4.78 is 8.75. The molecule has 84 valence electrons. The van der Waals surface area contributed by atoms with Crippen molar-refractivity contribution in [3.8, 4) is 0 Å². The summed E-state index contributed by atoms with van der Waals surface area (Å²) in [5, 5.41) is 0. The lowest BCUT2D eigenvalue weighted by Crippen LogP contribution is -2.10. The SMILES string of the molecule is CCOC(=O)CCl.COC(=O)C(C)Br. The minimum atomic E-state index is -0.357. The Balaban J connectivity index is 0. The van der Waals surface area contributed by atoms with Crippen LogP contribution in [-0.2, 0) is 19.1 Å². The van der Waals surface area contributed by atoms with Gasteiger partial charge in [-0.15, -0.1) is 11.6 Å². The summed E-state index contributed by atoms with van der Waals surface area (Å²) in [6.45, 7) is 3.86. The van der Waals surface area contributed by atoms with Gasteiger partial charge in [-0.1, -0.05) is 15.9 Å². The molecule has 0 aliphatic heterocycles. The zero-order valence-corrected chi connectivity index (χ0v) is 10.7. The van der Waals surface area contributed by atoms with Gasteiger partial charge in [-0.2, -0.15) is 0 Å². The molecular weight excluding hydrogens is 275 g/mol. The van der Waals surface area contributed by atoms with E-state index in [0.717, 1.165) is 0 Å². The number of carbonyl (C=O) groups excluding carboxylic acids is 2. The van der Waals surface area contributed by atoms with Crippen LogP contribution in [0.3, 0.4) is 0 Å². The van der Waals surface area contributed by atoms with Crippen LogP contribution in [0.1, 0.15) is 13.8 Å². The van der Waals surface area contributed by atoms with Crippen molar-refractivity contribution in [2.45, 2.75) is 18.7 Å². The molecule has 0 aliphatic rings. The lowest BCUT2D eigenvalue weighted by atomic mass is 10.5. The minimum absolute atomic E-state index is 0.0478. The molecule has 1 unspecified atom stereocenters. The van der Waals surface area contributed by atoms with E-state index in [0.29, 0.717) is 6.61 Å². The lowest BCUT2D eigenvalue weighted by molar-refractivity contribution is -0.140. The molecule has 14 heavy (non-hydrogen) atoms. The van der Waals surface area contributed by atoms with Gasteiger partial charge < -0.3 is 9.47 Å². The third-order valence-electron chi connectivity index (χ3n) is 0.940. The van der Waals surface area contributed by atoms with Crippen LogP contribution in [-0.4, -0.2) is 36.4 Å². The topological polar surface area (TPSA) is 52.6 Å². The highest BCUT2D eigenvalue weighted by molar-refractivity contribution is 9.10. The van der Waals surface area contributed by atoms with E-state index in [1.165, 1.54) is 7.11 Å². The molecule has 0 bridgehead atoms. The van der Waals surface area contributed by atoms with Crippen molar-refractivity contribution in [2.75, 3.05) is 19.6 Å². The second-order valence-corrected chi connectivity index (χ2v) is 3.72. The van der Waals surface area contributed by atoms with Crippen molar-refractivity contribution in [1.29, 1.82) is 0 Å². The van der Waals surface area contributed by atoms with Crippen molar-refractivity contribution in [2.24, 2.45) is 0 Å². The molecule has 0 radical (unpaired) electrons. The molecule has 0 aliphatic carbocycles. The summed E-state index contributed by atoms with van der Waals surface area (Å²) in [6, 6.07) is 0. The summed E-state index contributed by atoms with van der Waals surface area (Å²) in [5.74, 6) is -0.641. The summed E-state index contributed by atoms with van der Waals surface area (Å²) >= 11 is 8.08. The molecular formula is C8H14BrClO4. The summed E-state index contributed by atoms with van der Waals surface area (Å²) in [5.41, 5.74) is 0. The Morgan fingerprint density at radius 1 is 1.50 bits per heavy atom. The maximum absolute atomic E-state index is 10.2. The summed E-state index contributed by atoms with van der Waals surface area (Å²) in [7, 11) is 1.36. The molecule has 6 heteroatoms. The van der Waals surface area contributed by atoms with Gasteiger partial charge in [0.1, 0.15) is 10.7 Å². The average molecular weight is 290 g/mol. The van der Waals surface area contributed by atoms with Gasteiger partial charge in [-0.3, -0.25) is 9.59 Å². The van der Waals surface area contributed by atoms with E-state index < -0.39 is 0 Å². The van der Waals surface area contributed by atoms with Crippen LogP contribution in [0.4, 0.5) is 0 Å². The Hall–Kier alpha value is -0.290. The highest BCUT2D eigenvalue weighted by atomic mass is 79.9. The van der Waals surface area contributed by atoms with Gasteiger partial charge in [0, 0.05) is 0 Å². The normalized spacial score (nSPS) is 10.6. The van der Waals surface area contributed by atoms with Crippen LogP contribution in [0.5, 0.6) is 0 Å². The largest absolute Gasteiger partial charge is 0.468 e. The second kappa shape index (κ2) is 10.8. The van der Waals surface area contributed by atoms with Gasteiger partial charge in [0.15, 0.2) is 0 Å². The fourth-order valence-electron chi connectivity index (χ4n) is 0.362. The number of methoxy groups -OCH3 is 1. The van der Waals surface area contributed by atoms with Crippen LogP contribution in [0.2, 0.25) is 0 Å². The molecule has 0 rings (SSSR count). The molecule has 0 heterocycles. The van der Waals surface area contributed by atoms with E-state index in [-0.39, 0.29) is 22.6 Å². The van der Waals surface area contributed by atoms with Gasteiger partial charge in [0.05, 0.1) is 13.7 Å². The molecule has 0 saturated heterocycles. The van der Waals surface area contributed by atoms with Crippen molar-refractivity contribution in [3.63, 3.8) is 0 Å². The Labute approximate surface area is 97.0 Å². The molecule has 0 aromatic carbocycles. The first-order valence-electron chi connectivity index (χ1n) is 3.93. The number of hydrogen-bond donors (Lipinski definition) is 0. The fourth-order valence-corrected chi connectivity index (χ4v) is 0.626. The number of alkyl halides is 2. The molecule has 0 fully saturated rings. The highest BCUT2D eigenvalue weighted by Crippen LogP contribution is 1.97. The number of carbonyl (C=O) groups is 2. The van der Waals surface area contributed by atoms with Gasteiger partial charge >= 0.3 is 11.9 Å². The number of esters is 2. The molecule has 4 nitrogen and oxygen atoms in total. The van der Waals surface area contributed by atoms with Crippen molar-refractivity contribution in [1.82, 2.24) is 0 Å². The van der Waals surface area contributed by atoms with E-state index in [4.69, 9.17) is 11.6 Å². The van der Waals surface area contributed by atoms with Gasteiger partial charge in [0.25, 0.3) is 0 Å². The Morgan fingerprint density at radius 2 is 2.00 bits per heavy atom. The predicted molar refractivity (Wildman–Crippen MR) is 57.8 cm³/mol. The van der Waals surface area contributed by atoms with E-state index >= 15 is 0 Å². The van der Waals surface area contributed by atoms with Gasteiger partial charge in [-0.05, 0) is 13.8 Å².